The first-order valence-electron chi connectivity index (χ1n) is 7.09. The molecule has 0 aliphatic rings. The number of hydrogen-bond acceptors (Lipinski definition) is 1. The first kappa shape index (κ1) is 15.8. The van der Waals surface area contributed by atoms with Crippen molar-refractivity contribution in [2.24, 2.45) is 0 Å². The normalized spacial score (nSPS) is 10.7. The lowest BCUT2D eigenvalue weighted by atomic mass is 10.0. The van der Waals surface area contributed by atoms with Crippen LogP contribution in [0.25, 0.3) is 0 Å². The van der Waals surface area contributed by atoms with Gasteiger partial charge in [0.1, 0.15) is 17.4 Å². The number of halogens is 2. The van der Waals surface area contributed by atoms with Gasteiger partial charge in [-0.1, -0.05) is 45.1 Å². The van der Waals surface area contributed by atoms with Crippen LogP contribution in [-0.4, -0.2) is 5.78 Å². The number of carbonyl (C=O) groups excluding carboxylic acids is 1. The maximum Gasteiger partial charge on any atom is 0.137 e. The highest BCUT2D eigenvalue weighted by molar-refractivity contribution is 5.80. The quantitative estimate of drug-likeness (QED) is 0.586. The van der Waals surface area contributed by atoms with Crippen LogP contribution in [0, 0.1) is 11.6 Å². The summed E-state index contributed by atoms with van der Waals surface area (Å²) in [6.45, 7) is 2.17. The van der Waals surface area contributed by atoms with Crippen LogP contribution in [0.2, 0.25) is 0 Å². The molecule has 1 aromatic carbocycles. The standard InChI is InChI=1S/C16H22F2O/c1-2-3-4-5-6-7-8-15(19)11-13-9-10-14(17)12-16(13)18/h9-10,12H,2-8,11H2,1H3. The molecule has 0 fully saturated rings. The minimum Gasteiger partial charge on any atom is -0.299 e. The zero-order valence-electron chi connectivity index (χ0n) is 11.6. The fourth-order valence-electron chi connectivity index (χ4n) is 2.07. The molecule has 0 aliphatic carbocycles. The molecule has 0 saturated carbocycles. The molecule has 0 heterocycles. The third-order valence-corrected chi connectivity index (χ3v) is 3.21. The van der Waals surface area contributed by atoms with Gasteiger partial charge in [0.15, 0.2) is 0 Å². The van der Waals surface area contributed by atoms with Gasteiger partial charge in [0.2, 0.25) is 0 Å². The third kappa shape index (κ3) is 6.46. The van der Waals surface area contributed by atoms with E-state index in [0.29, 0.717) is 6.42 Å². The third-order valence-electron chi connectivity index (χ3n) is 3.21. The maximum absolute atomic E-state index is 13.3. The molecule has 19 heavy (non-hydrogen) atoms. The summed E-state index contributed by atoms with van der Waals surface area (Å²) in [6.07, 6.45) is 7.31. The van der Waals surface area contributed by atoms with E-state index in [1.54, 1.807) is 0 Å². The Kier molecular flexibility index (Phi) is 7.31. The smallest absolute Gasteiger partial charge is 0.137 e. The number of unbranched alkanes of at least 4 members (excludes halogenated alkanes) is 5. The molecule has 1 aromatic rings. The van der Waals surface area contributed by atoms with Crippen molar-refractivity contribution in [2.45, 2.75) is 58.3 Å². The summed E-state index contributed by atoms with van der Waals surface area (Å²) in [6, 6.07) is 3.37. The molecule has 0 bridgehead atoms. The fraction of sp³-hybridized carbons (Fsp3) is 0.562. The monoisotopic (exact) mass is 268 g/mol. The molecule has 0 N–H and O–H groups in total. The van der Waals surface area contributed by atoms with E-state index in [1.807, 2.05) is 0 Å². The topological polar surface area (TPSA) is 17.1 Å². The number of rotatable bonds is 9. The van der Waals surface area contributed by atoms with Crippen molar-refractivity contribution in [3.63, 3.8) is 0 Å². The molecule has 3 heteroatoms. The molecule has 0 atom stereocenters. The van der Waals surface area contributed by atoms with E-state index in [-0.39, 0.29) is 17.8 Å². The van der Waals surface area contributed by atoms with Crippen molar-refractivity contribution in [3.05, 3.63) is 35.4 Å². The molecular weight excluding hydrogens is 246 g/mol. The molecule has 1 nitrogen and oxygen atoms in total. The lowest BCUT2D eigenvalue weighted by Crippen LogP contribution is -2.04. The first-order valence-corrected chi connectivity index (χ1v) is 7.09. The van der Waals surface area contributed by atoms with Crippen LogP contribution in [0.5, 0.6) is 0 Å². The summed E-state index contributed by atoms with van der Waals surface area (Å²) in [5.41, 5.74) is 0.289. The number of benzene rings is 1. The molecule has 0 radical (unpaired) electrons. The van der Waals surface area contributed by atoms with Gasteiger partial charge < -0.3 is 0 Å². The van der Waals surface area contributed by atoms with Gasteiger partial charge in [-0.2, -0.15) is 0 Å². The molecule has 0 unspecified atom stereocenters. The highest BCUT2D eigenvalue weighted by atomic mass is 19.1. The van der Waals surface area contributed by atoms with Gasteiger partial charge in [-0.05, 0) is 18.1 Å². The number of Topliss-reactive ketones (excluding diaryl/α,β-unsaturated/α-hetero) is 1. The summed E-state index contributed by atoms with van der Waals surface area (Å²) < 4.78 is 26.1. The van der Waals surface area contributed by atoms with Crippen molar-refractivity contribution in [1.82, 2.24) is 0 Å². The lowest BCUT2D eigenvalue weighted by molar-refractivity contribution is -0.118. The molecule has 0 saturated heterocycles. The minimum absolute atomic E-state index is 0.0287. The average Bonchev–Trinajstić information content (AvgIpc) is 2.37. The van der Waals surface area contributed by atoms with Gasteiger partial charge in [0, 0.05) is 18.9 Å². The van der Waals surface area contributed by atoms with Gasteiger partial charge in [-0.3, -0.25) is 4.79 Å². The maximum atomic E-state index is 13.3. The Morgan fingerprint density at radius 2 is 1.74 bits per heavy atom. The van der Waals surface area contributed by atoms with Gasteiger partial charge >= 0.3 is 0 Å². The van der Waals surface area contributed by atoms with Crippen LogP contribution in [-0.2, 0) is 11.2 Å². The van der Waals surface area contributed by atoms with Crippen LogP contribution < -0.4 is 0 Å². The van der Waals surface area contributed by atoms with E-state index in [2.05, 4.69) is 6.92 Å². The fourth-order valence-corrected chi connectivity index (χ4v) is 2.07. The summed E-state index contributed by atoms with van der Waals surface area (Å²) in [7, 11) is 0. The zero-order valence-corrected chi connectivity index (χ0v) is 11.6. The van der Waals surface area contributed by atoms with Crippen molar-refractivity contribution in [3.8, 4) is 0 Å². The molecule has 106 valence electrons. The van der Waals surface area contributed by atoms with Crippen LogP contribution in [0.15, 0.2) is 18.2 Å². The highest BCUT2D eigenvalue weighted by Gasteiger charge is 2.09. The number of hydrogen-bond donors (Lipinski definition) is 0. The molecule has 0 amide bonds. The van der Waals surface area contributed by atoms with Crippen molar-refractivity contribution in [1.29, 1.82) is 0 Å². The van der Waals surface area contributed by atoms with Crippen LogP contribution in [0.3, 0.4) is 0 Å². The number of ketones is 1. The Labute approximate surface area is 114 Å². The number of carbonyl (C=O) groups is 1. The van der Waals surface area contributed by atoms with Crippen molar-refractivity contribution < 1.29 is 13.6 Å². The van der Waals surface area contributed by atoms with Crippen molar-refractivity contribution in [2.75, 3.05) is 0 Å². The SMILES string of the molecule is CCCCCCCCC(=O)Cc1ccc(F)cc1F. The van der Waals surface area contributed by atoms with Gasteiger partial charge in [-0.25, -0.2) is 8.78 Å². The van der Waals surface area contributed by atoms with E-state index in [0.717, 1.165) is 25.3 Å². The molecular formula is C16H22F2O. The average molecular weight is 268 g/mol. The van der Waals surface area contributed by atoms with E-state index in [4.69, 9.17) is 0 Å². The van der Waals surface area contributed by atoms with Gasteiger partial charge in [0.25, 0.3) is 0 Å². The summed E-state index contributed by atoms with van der Waals surface area (Å²) in [5, 5.41) is 0. The van der Waals surface area contributed by atoms with Crippen LogP contribution in [0.1, 0.15) is 57.4 Å². The van der Waals surface area contributed by atoms with E-state index < -0.39 is 11.6 Å². The molecule has 1 rings (SSSR count). The molecule has 0 aliphatic heterocycles. The Morgan fingerprint density at radius 1 is 1.05 bits per heavy atom. The minimum atomic E-state index is -0.628. The van der Waals surface area contributed by atoms with Crippen LogP contribution >= 0.6 is 0 Å². The van der Waals surface area contributed by atoms with E-state index in [9.17, 15) is 13.6 Å². The predicted molar refractivity (Wildman–Crippen MR) is 73.1 cm³/mol. The second-order valence-electron chi connectivity index (χ2n) is 4.97. The Hall–Kier alpha value is -1.25. The van der Waals surface area contributed by atoms with Gasteiger partial charge in [0.05, 0.1) is 0 Å². The first-order chi connectivity index (χ1) is 9.13. The summed E-state index contributed by atoms with van der Waals surface area (Å²) in [4.78, 5) is 11.7. The molecule has 0 spiro atoms. The Morgan fingerprint density at radius 3 is 2.42 bits per heavy atom. The second-order valence-corrected chi connectivity index (χ2v) is 4.97. The largest absolute Gasteiger partial charge is 0.299 e. The Balaban J connectivity index is 2.23. The summed E-state index contributed by atoms with van der Waals surface area (Å²) in [5.74, 6) is -1.21. The Bertz CT molecular complexity index is 402. The van der Waals surface area contributed by atoms with Gasteiger partial charge in [-0.15, -0.1) is 0 Å². The molecule has 0 aromatic heterocycles. The van der Waals surface area contributed by atoms with E-state index in [1.165, 1.54) is 31.4 Å². The predicted octanol–water partition coefficient (Wildman–Crippen LogP) is 4.83. The van der Waals surface area contributed by atoms with E-state index >= 15 is 0 Å². The second kappa shape index (κ2) is 8.78. The zero-order chi connectivity index (χ0) is 14.1. The highest BCUT2D eigenvalue weighted by Crippen LogP contribution is 2.13. The lowest BCUT2D eigenvalue weighted by Gasteiger charge is -2.03. The summed E-state index contributed by atoms with van der Waals surface area (Å²) >= 11 is 0. The van der Waals surface area contributed by atoms with Crippen LogP contribution in [0.4, 0.5) is 8.78 Å². The van der Waals surface area contributed by atoms with Crippen molar-refractivity contribution >= 4 is 5.78 Å².